The fraction of sp³-hybridized carbons (Fsp3) is 0.364. The fourth-order valence-corrected chi connectivity index (χ4v) is 3.32. The van der Waals surface area contributed by atoms with Crippen LogP contribution < -0.4 is 20.9 Å². The summed E-state index contributed by atoms with van der Waals surface area (Å²) in [5, 5.41) is 31.0. The number of nitrogens with zero attached hydrogens (tertiary/aromatic N) is 2. The van der Waals surface area contributed by atoms with E-state index in [1.165, 1.54) is 0 Å². The lowest BCUT2D eigenvalue weighted by Crippen LogP contribution is -2.39. The van der Waals surface area contributed by atoms with Gasteiger partial charge in [-0.25, -0.2) is 0 Å². The highest BCUT2D eigenvalue weighted by Gasteiger charge is 2.46. The number of anilines is 2. The summed E-state index contributed by atoms with van der Waals surface area (Å²) in [4.78, 5) is 23.3. The number of hydrogen-bond acceptors (Lipinski definition) is 7. The minimum Gasteiger partial charge on any atom is -0.395 e. The number of aliphatic hydroxyl groups excluding tert-OH is 3. The highest BCUT2D eigenvalue weighted by atomic mass is 16.3. The van der Waals surface area contributed by atoms with Gasteiger partial charge in [-0.05, 0) is 31.2 Å². The molecule has 0 radical (unpaired) electrons. The first kappa shape index (κ1) is 22.5. The van der Waals surface area contributed by atoms with Gasteiger partial charge in [-0.3, -0.25) is 30.5 Å². The Morgan fingerprint density at radius 2 is 1.19 bits per heavy atom. The molecule has 2 aliphatic rings. The topological polar surface area (TPSA) is 125 Å². The minimum absolute atomic E-state index is 0.131. The molecule has 5 N–H and O–H groups in total. The number of amides is 2. The molecular formula is C22H28N4O5. The summed E-state index contributed by atoms with van der Waals surface area (Å²) in [6.45, 7) is 1.65. The molecule has 31 heavy (non-hydrogen) atoms. The van der Waals surface area contributed by atoms with Gasteiger partial charge in [0.2, 0.25) is 5.91 Å². The van der Waals surface area contributed by atoms with E-state index in [4.69, 9.17) is 0 Å². The molecule has 4 rings (SSSR count). The van der Waals surface area contributed by atoms with E-state index in [9.17, 15) is 24.9 Å². The van der Waals surface area contributed by atoms with Gasteiger partial charge in [-0.2, -0.15) is 0 Å². The van der Waals surface area contributed by atoms with E-state index in [-0.39, 0.29) is 38.2 Å². The molecule has 1 atom stereocenters. The maximum atomic E-state index is 11.7. The summed E-state index contributed by atoms with van der Waals surface area (Å²) in [5.74, 6) is -0.477. The number of para-hydroxylation sites is 2. The summed E-state index contributed by atoms with van der Waals surface area (Å²) < 4.78 is 0. The molecule has 2 aromatic carbocycles. The third-order valence-electron chi connectivity index (χ3n) is 5.56. The molecule has 0 bridgehead atoms. The number of carbonyl (C=O) groups excluding carboxylic acids is 2. The van der Waals surface area contributed by atoms with Crippen molar-refractivity contribution in [3.8, 4) is 0 Å². The number of nitrogens with one attached hydrogen (secondary N) is 2. The predicted octanol–water partition coefficient (Wildman–Crippen LogP) is 0.0452. The van der Waals surface area contributed by atoms with E-state index in [1.54, 1.807) is 16.9 Å². The van der Waals surface area contributed by atoms with Gasteiger partial charge < -0.3 is 15.3 Å². The lowest BCUT2D eigenvalue weighted by Gasteiger charge is -2.21. The Hall–Kier alpha value is -3.14. The lowest BCUT2D eigenvalue weighted by atomic mass is 9.90. The molecule has 2 aromatic rings. The Bertz CT molecular complexity index is 891. The molecule has 0 aliphatic carbocycles. The van der Waals surface area contributed by atoms with Gasteiger partial charge in [0.1, 0.15) is 5.41 Å². The molecule has 2 saturated heterocycles. The monoisotopic (exact) mass is 428 g/mol. The van der Waals surface area contributed by atoms with Crippen molar-refractivity contribution in [3.05, 3.63) is 60.7 Å². The largest absolute Gasteiger partial charge is 0.395 e. The van der Waals surface area contributed by atoms with Crippen LogP contribution in [0, 0.1) is 10.8 Å². The van der Waals surface area contributed by atoms with Gasteiger partial charge in [0.15, 0.2) is 0 Å². The van der Waals surface area contributed by atoms with Crippen molar-refractivity contribution in [1.82, 2.24) is 10.9 Å². The molecule has 0 saturated carbocycles. The van der Waals surface area contributed by atoms with Gasteiger partial charge in [-0.15, -0.1) is 0 Å². The van der Waals surface area contributed by atoms with Crippen LogP contribution in [-0.2, 0) is 9.59 Å². The van der Waals surface area contributed by atoms with Crippen LogP contribution in [0.25, 0.3) is 0 Å². The van der Waals surface area contributed by atoms with Crippen molar-refractivity contribution in [2.24, 2.45) is 10.8 Å². The molecule has 2 amide bonds. The van der Waals surface area contributed by atoms with Gasteiger partial charge >= 0.3 is 0 Å². The standard InChI is InChI=1S/C11H14N2O3.C11H14N2O2/c14-7-11(8-15)6-13(12-10(11)16)9-4-2-1-3-5-9;1-11(8-14)7-13(12-10(11)15)9-5-3-2-4-6-9/h1-5,14-15H,6-8H2,(H,12,16);2-6,14H,7-8H2,1H3,(H,12,15). The Kier molecular flexibility index (Phi) is 6.79. The van der Waals surface area contributed by atoms with Gasteiger partial charge in [-0.1, -0.05) is 36.4 Å². The van der Waals surface area contributed by atoms with Gasteiger partial charge in [0.25, 0.3) is 5.91 Å². The van der Waals surface area contributed by atoms with Crippen molar-refractivity contribution in [3.63, 3.8) is 0 Å². The quantitative estimate of drug-likeness (QED) is 0.456. The second kappa shape index (κ2) is 9.34. The van der Waals surface area contributed by atoms with E-state index in [0.29, 0.717) is 6.54 Å². The number of hydrogen-bond donors (Lipinski definition) is 5. The molecule has 0 aromatic heterocycles. The molecule has 2 fully saturated rings. The SMILES string of the molecule is CC1(CO)CN(c2ccccc2)NC1=O.O=C1NN(c2ccccc2)CC1(CO)CO. The maximum absolute atomic E-state index is 11.7. The van der Waals surface area contributed by atoms with E-state index in [0.717, 1.165) is 11.4 Å². The van der Waals surface area contributed by atoms with Gasteiger partial charge in [0.05, 0.1) is 49.7 Å². The Morgan fingerprint density at radius 3 is 1.58 bits per heavy atom. The van der Waals surface area contributed by atoms with Crippen molar-refractivity contribution in [2.75, 3.05) is 42.9 Å². The Balaban J connectivity index is 0.000000176. The first-order valence-corrected chi connectivity index (χ1v) is 9.97. The number of aliphatic hydroxyl groups is 3. The third-order valence-corrected chi connectivity index (χ3v) is 5.56. The molecule has 9 nitrogen and oxygen atoms in total. The van der Waals surface area contributed by atoms with Crippen LogP contribution >= 0.6 is 0 Å². The van der Waals surface area contributed by atoms with Crippen LogP contribution in [0.5, 0.6) is 0 Å². The van der Waals surface area contributed by atoms with Crippen molar-refractivity contribution >= 4 is 23.2 Å². The smallest absolute Gasteiger partial charge is 0.251 e. The molecule has 166 valence electrons. The summed E-state index contributed by atoms with van der Waals surface area (Å²) >= 11 is 0. The first-order valence-electron chi connectivity index (χ1n) is 9.97. The number of hydrazine groups is 2. The number of benzene rings is 2. The van der Waals surface area contributed by atoms with Crippen molar-refractivity contribution < 1.29 is 24.9 Å². The average molecular weight is 428 g/mol. The van der Waals surface area contributed by atoms with Crippen LogP contribution in [0.2, 0.25) is 0 Å². The van der Waals surface area contributed by atoms with Crippen molar-refractivity contribution in [2.45, 2.75) is 6.92 Å². The summed E-state index contributed by atoms with van der Waals surface area (Å²) in [7, 11) is 0. The van der Waals surface area contributed by atoms with E-state index in [1.807, 2.05) is 60.7 Å². The van der Waals surface area contributed by atoms with Crippen LogP contribution in [0.1, 0.15) is 6.92 Å². The fourth-order valence-electron chi connectivity index (χ4n) is 3.32. The van der Waals surface area contributed by atoms with Crippen molar-refractivity contribution in [1.29, 1.82) is 0 Å². The van der Waals surface area contributed by atoms with Crippen LogP contribution in [-0.4, -0.2) is 60.0 Å². The van der Waals surface area contributed by atoms with E-state index in [2.05, 4.69) is 10.9 Å². The molecule has 1 unspecified atom stereocenters. The van der Waals surface area contributed by atoms with Crippen LogP contribution in [0.4, 0.5) is 11.4 Å². The predicted molar refractivity (Wildman–Crippen MR) is 116 cm³/mol. The summed E-state index contributed by atoms with van der Waals surface area (Å²) in [6, 6.07) is 18.9. The molecule has 0 spiro atoms. The highest BCUT2D eigenvalue weighted by Crippen LogP contribution is 2.27. The minimum atomic E-state index is -1.10. The van der Waals surface area contributed by atoms with Gasteiger partial charge in [0, 0.05) is 0 Å². The lowest BCUT2D eigenvalue weighted by molar-refractivity contribution is -0.131. The molecule has 9 heteroatoms. The Morgan fingerprint density at radius 1 is 0.742 bits per heavy atom. The highest BCUT2D eigenvalue weighted by molar-refractivity contribution is 5.88. The zero-order chi connectivity index (χ0) is 22.5. The maximum Gasteiger partial charge on any atom is 0.251 e. The summed E-state index contributed by atoms with van der Waals surface area (Å²) in [5.41, 5.74) is 5.35. The zero-order valence-corrected chi connectivity index (χ0v) is 17.4. The van der Waals surface area contributed by atoms with E-state index < -0.39 is 10.8 Å². The molecule has 2 aliphatic heterocycles. The Labute approximate surface area is 180 Å². The normalized spacial score (nSPS) is 21.9. The average Bonchev–Trinajstić information content (AvgIpc) is 3.32. The second-order valence-corrected chi connectivity index (χ2v) is 8.04. The second-order valence-electron chi connectivity index (χ2n) is 8.04. The van der Waals surface area contributed by atoms with Crippen LogP contribution in [0.3, 0.4) is 0 Å². The van der Waals surface area contributed by atoms with E-state index >= 15 is 0 Å². The third kappa shape index (κ3) is 4.63. The molecule has 2 heterocycles. The number of carbonyl (C=O) groups is 2. The summed E-state index contributed by atoms with van der Waals surface area (Å²) in [6.07, 6.45) is 0. The number of rotatable bonds is 5. The zero-order valence-electron chi connectivity index (χ0n) is 17.4. The first-order chi connectivity index (χ1) is 14.9. The van der Waals surface area contributed by atoms with Crippen LogP contribution in [0.15, 0.2) is 60.7 Å². The molecular weight excluding hydrogens is 400 g/mol.